The quantitative estimate of drug-likeness (QED) is 0.278. The van der Waals surface area contributed by atoms with Gasteiger partial charge in [-0.05, 0) is 74.9 Å². The standard InChI is InChI=1S/C34H35N/c1-7-33(5,6)22-16-18-30-26(20-22)27-21-23(17-19-31(27)35-30)34(32(2,3)4)28-14-10-8-12-24(28)25-13-9-11-15-29(25)34/h8-21,35H,7H2,1-6H3. The molecule has 0 saturated heterocycles. The number of aromatic nitrogens is 1. The number of hydrogen-bond acceptors (Lipinski definition) is 0. The number of hydrogen-bond donors (Lipinski definition) is 1. The van der Waals surface area contributed by atoms with Crippen LogP contribution in [-0.2, 0) is 10.8 Å². The van der Waals surface area contributed by atoms with E-state index in [4.69, 9.17) is 0 Å². The normalized spacial score (nSPS) is 14.9. The molecule has 0 spiro atoms. The predicted octanol–water partition coefficient (Wildman–Crippen LogP) is 9.37. The predicted molar refractivity (Wildman–Crippen MR) is 150 cm³/mol. The van der Waals surface area contributed by atoms with Crippen molar-refractivity contribution < 1.29 is 0 Å². The van der Waals surface area contributed by atoms with Gasteiger partial charge in [-0.25, -0.2) is 0 Å². The molecular formula is C34H35N. The molecule has 0 fully saturated rings. The van der Waals surface area contributed by atoms with Crippen LogP contribution in [0.2, 0.25) is 0 Å². The van der Waals surface area contributed by atoms with E-state index < -0.39 is 0 Å². The van der Waals surface area contributed by atoms with Crippen LogP contribution in [0.15, 0.2) is 84.9 Å². The molecule has 0 atom stereocenters. The zero-order chi connectivity index (χ0) is 24.6. The first-order valence-electron chi connectivity index (χ1n) is 12.9. The van der Waals surface area contributed by atoms with Crippen molar-refractivity contribution in [3.63, 3.8) is 0 Å². The second-order valence-electron chi connectivity index (χ2n) is 12.0. The summed E-state index contributed by atoms with van der Waals surface area (Å²) in [7, 11) is 0. The van der Waals surface area contributed by atoms with Crippen LogP contribution < -0.4 is 0 Å². The van der Waals surface area contributed by atoms with E-state index in [9.17, 15) is 0 Å². The van der Waals surface area contributed by atoms with Crippen LogP contribution in [0.1, 0.15) is 70.2 Å². The van der Waals surface area contributed by atoms with Gasteiger partial charge in [-0.1, -0.05) is 102 Å². The first-order chi connectivity index (χ1) is 16.7. The molecular weight excluding hydrogens is 422 g/mol. The van der Waals surface area contributed by atoms with E-state index in [-0.39, 0.29) is 16.2 Å². The summed E-state index contributed by atoms with van der Waals surface area (Å²) in [4.78, 5) is 3.68. The lowest BCUT2D eigenvalue weighted by molar-refractivity contribution is 0.278. The maximum absolute atomic E-state index is 3.68. The highest BCUT2D eigenvalue weighted by atomic mass is 14.7. The van der Waals surface area contributed by atoms with Gasteiger partial charge in [0, 0.05) is 21.8 Å². The third-order valence-electron chi connectivity index (χ3n) is 8.77. The highest BCUT2D eigenvalue weighted by Crippen LogP contribution is 2.60. The van der Waals surface area contributed by atoms with Crippen LogP contribution in [0, 0.1) is 5.41 Å². The number of nitrogens with one attached hydrogen (secondary N) is 1. The summed E-state index contributed by atoms with van der Waals surface area (Å²) < 4.78 is 0. The Kier molecular flexibility index (Phi) is 4.65. The van der Waals surface area contributed by atoms with Gasteiger partial charge < -0.3 is 4.98 Å². The Morgan fingerprint density at radius 3 is 1.77 bits per heavy atom. The number of aromatic amines is 1. The third kappa shape index (κ3) is 2.94. The summed E-state index contributed by atoms with van der Waals surface area (Å²) in [5, 5.41) is 2.64. The Balaban J connectivity index is 1.69. The van der Waals surface area contributed by atoms with Gasteiger partial charge in [0.25, 0.3) is 0 Å². The van der Waals surface area contributed by atoms with E-state index in [1.165, 1.54) is 55.2 Å². The van der Waals surface area contributed by atoms with Crippen LogP contribution in [0.5, 0.6) is 0 Å². The fourth-order valence-corrected chi connectivity index (χ4v) is 6.54. The zero-order valence-corrected chi connectivity index (χ0v) is 21.8. The summed E-state index contributed by atoms with van der Waals surface area (Å²) in [6, 6.07) is 32.2. The first-order valence-corrected chi connectivity index (χ1v) is 12.9. The minimum absolute atomic E-state index is 0.0230. The van der Waals surface area contributed by atoms with Crippen LogP contribution in [0.3, 0.4) is 0 Å². The van der Waals surface area contributed by atoms with E-state index in [0.717, 1.165) is 6.42 Å². The van der Waals surface area contributed by atoms with Crippen molar-refractivity contribution in [2.45, 2.75) is 58.8 Å². The van der Waals surface area contributed by atoms with E-state index in [0.29, 0.717) is 0 Å². The lowest BCUT2D eigenvalue weighted by atomic mass is 9.57. The van der Waals surface area contributed by atoms with Crippen LogP contribution in [-0.4, -0.2) is 4.98 Å². The second-order valence-corrected chi connectivity index (χ2v) is 12.0. The van der Waals surface area contributed by atoms with Gasteiger partial charge in [0.15, 0.2) is 0 Å². The van der Waals surface area contributed by atoms with Gasteiger partial charge in [-0.3, -0.25) is 0 Å². The Morgan fingerprint density at radius 2 is 1.20 bits per heavy atom. The van der Waals surface area contributed by atoms with Crippen LogP contribution >= 0.6 is 0 Å². The molecule has 1 heterocycles. The molecule has 1 aliphatic carbocycles. The fourth-order valence-electron chi connectivity index (χ4n) is 6.54. The Hall–Kier alpha value is -3.32. The van der Waals surface area contributed by atoms with Crippen molar-refractivity contribution in [3.05, 3.63) is 107 Å². The Labute approximate surface area is 209 Å². The minimum Gasteiger partial charge on any atom is -0.355 e. The van der Waals surface area contributed by atoms with Gasteiger partial charge in [0.2, 0.25) is 0 Å². The molecule has 0 saturated carbocycles. The summed E-state index contributed by atoms with van der Waals surface area (Å²) >= 11 is 0. The molecule has 4 aromatic carbocycles. The molecule has 0 radical (unpaired) electrons. The maximum atomic E-state index is 3.68. The zero-order valence-electron chi connectivity index (χ0n) is 21.8. The number of benzene rings is 4. The molecule has 6 rings (SSSR count). The number of H-pyrrole nitrogens is 1. The molecule has 176 valence electrons. The molecule has 35 heavy (non-hydrogen) atoms. The molecule has 1 aliphatic rings. The molecule has 0 aliphatic heterocycles. The van der Waals surface area contributed by atoms with E-state index in [1.54, 1.807) is 0 Å². The van der Waals surface area contributed by atoms with E-state index in [1.807, 2.05) is 0 Å². The van der Waals surface area contributed by atoms with Crippen LogP contribution in [0.4, 0.5) is 0 Å². The Bertz CT molecular complexity index is 1540. The number of rotatable bonds is 3. The summed E-state index contributed by atoms with van der Waals surface area (Å²) in [6.07, 6.45) is 1.12. The van der Waals surface area contributed by atoms with Crippen molar-refractivity contribution in [3.8, 4) is 11.1 Å². The lowest BCUT2D eigenvalue weighted by Crippen LogP contribution is -2.40. The second kappa shape index (κ2) is 7.34. The molecule has 1 N–H and O–H groups in total. The first kappa shape index (κ1) is 22.2. The SMILES string of the molecule is CCC(C)(C)c1ccc2[nH]c3ccc(C4(C(C)(C)C)c5ccccc5-c5ccccc54)cc3c2c1. The average molecular weight is 458 g/mol. The Morgan fingerprint density at radius 1 is 0.657 bits per heavy atom. The van der Waals surface area contributed by atoms with Gasteiger partial charge in [0.05, 0.1) is 5.41 Å². The molecule has 1 nitrogen and oxygen atoms in total. The van der Waals surface area contributed by atoms with Crippen molar-refractivity contribution in [1.29, 1.82) is 0 Å². The van der Waals surface area contributed by atoms with E-state index >= 15 is 0 Å². The van der Waals surface area contributed by atoms with Crippen molar-refractivity contribution >= 4 is 21.8 Å². The molecule has 0 unspecified atom stereocenters. The minimum atomic E-state index is -0.224. The van der Waals surface area contributed by atoms with Crippen molar-refractivity contribution in [2.24, 2.45) is 5.41 Å². The topological polar surface area (TPSA) is 15.8 Å². The molecule has 0 bridgehead atoms. The highest BCUT2D eigenvalue weighted by Gasteiger charge is 2.52. The van der Waals surface area contributed by atoms with Crippen LogP contribution in [0.25, 0.3) is 32.9 Å². The average Bonchev–Trinajstić information content (AvgIpc) is 3.37. The third-order valence-corrected chi connectivity index (χ3v) is 8.77. The molecule has 5 aromatic rings. The molecule has 1 heteroatoms. The smallest absolute Gasteiger partial charge is 0.0512 e. The number of fused-ring (bicyclic) bond motifs is 6. The van der Waals surface area contributed by atoms with Gasteiger partial charge in [-0.2, -0.15) is 0 Å². The molecule has 0 amide bonds. The summed E-state index contributed by atoms with van der Waals surface area (Å²) in [5.41, 5.74) is 10.7. The van der Waals surface area contributed by atoms with Gasteiger partial charge >= 0.3 is 0 Å². The van der Waals surface area contributed by atoms with Gasteiger partial charge in [0.1, 0.15) is 0 Å². The molecule has 1 aromatic heterocycles. The van der Waals surface area contributed by atoms with Gasteiger partial charge in [-0.15, -0.1) is 0 Å². The monoisotopic (exact) mass is 457 g/mol. The summed E-state index contributed by atoms with van der Waals surface area (Å²) in [6.45, 7) is 14.2. The fraction of sp³-hybridized carbons (Fsp3) is 0.294. The lowest BCUT2D eigenvalue weighted by Gasteiger charge is -2.44. The van der Waals surface area contributed by atoms with Crippen molar-refractivity contribution in [2.75, 3.05) is 0 Å². The van der Waals surface area contributed by atoms with E-state index in [2.05, 4.69) is 131 Å². The maximum Gasteiger partial charge on any atom is 0.0512 e. The van der Waals surface area contributed by atoms with Crippen molar-refractivity contribution in [1.82, 2.24) is 4.98 Å². The highest BCUT2D eigenvalue weighted by molar-refractivity contribution is 6.08. The summed E-state index contributed by atoms with van der Waals surface area (Å²) in [5.74, 6) is 0. The largest absolute Gasteiger partial charge is 0.355 e.